The van der Waals surface area contributed by atoms with Gasteiger partial charge in [-0.15, -0.1) is 0 Å². The number of halogens is 3. The molecule has 0 aromatic heterocycles. The molecule has 0 radical (unpaired) electrons. The van der Waals surface area contributed by atoms with E-state index in [9.17, 15) is 13.2 Å². The fourth-order valence-electron chi connectivity index (χ4n) is 1.90. The fourth-order valence-corrected chi connectivity index (χ4v) is 4.31. The normalized spacial score (nSPS) is 11.2. The number of anilines is 1. The number of carbonyl (C=O) groups excluding carboxylic acids is 1. The monoisotopic (exact) mass is 451 g/mol. The highest BCUT2D eigenvalue weighted by molar-refractivity contribution is 9.10. The van der Waals surface area contributed by atoms with Crippen molar-refractivity contribution in [1.29, 1.82) is 0 Å². The molecule has 0 N–H and O–H groups in total. The lowest BCUT2D eigenvalue weighted by Gasteiger charge is -2.24. The zero-order valence-electron chi connectivity index (χ0n) is 12.4. The van der Waals surface area contributed by atoms with Gasteiger partial charge in [-0.2, -0.15) is 0 Å². The van der Waals surface area contributed by atoms with Gasteiger partial charge in [0.25, 0.3) is 10.0 Å². The number of rotatable bonds is 5. The van der Waals surface area contributed by atoms with Crippen molar-refractivity contribution in [3.63, 3.8) is 0 Å². The topological polar surface area (TPSA) is 63.7 Å². The van der Waals surface area contributed by atoms with Gasteiger partial charge in [-0.1, -0.05) is 39.1 Å². The van der Waals surface area contributed by atoms with Crippen LogP contribution in [0.5, 0.6) is 0 Å². The third-order valence-electron chi connectivity index (χ3n) is 3.08. The van der Waals surface area contributed by atoms with E-state index in [-0.39, 0.29) is 14.9 Å². The van der Waals surface area contributed by atoms with E-state index in [2.05, 4.69) is 20.7 Å². The molecule has 0 saturated heterocycles. The van der Waals surface area contributed by atoms with Gasteiger partial charge in [0, 0.05) is 9.50 Å². The van der Waals surface area contributed by atoms with Gasteiger partial charge >= 0.3 is 5.97 Å². The maximum atomic E-state index is 13.0. The zero-order chi connectivity index (χ0) is 17.9. The van der Waals surface area contributed by atoms with Crippen molar-refractivity contribution in [2.45, 2.75) is 4.90 Å². The molecular weight excluding hydrogens is 441 g/mol. The third-order valence-corrected chi connectivity index (χ3v) is 6.10. The van der Waals surface area contributed by atoms with Crippen LogP contribution in [0.4, 0.5) is 5.69 Å². The van der Waals surface area contributed by atoms with Crippen molar-refractivity contribution in [1.82, 2.24) is 0 Å². The van der Waals surface area contributed by atoms with Crippen molar-refractivity contribution < 1.29 is 17.9 Å². The molecule has 0 aliphatic carbocycles. The zero-order valence-corrected chi connectivity index (χ0v) is 16.3. The summed E-state index contributed by atoms with van der Waals surface area (Å²) in [6.45, 7) is -0.497. The van der Waals surface area contributed by atoms with Gasteiger partial charge in [-0.25, -0.2) is 8.42 Å². The lowest BCUT2D eigenvalue weighted by Crippen LogP contribution is -2.36. The number of nitrogens with zero attached hydrogens (tertiary/aromatic N) is 1. The Bertz CT molecular complexity index is 856. The second-order valence-electron chi connectivity index (χ2n) is 4.64. The summed E-state index contributed by atoms with van der Waals surface area (Å²) in [6, 6.07) is 10.5. The molecule has 9 heteroatoms. The van der Waals surface area contributed by atoms with Crippen LogP contribution in [0.3, 0.4) is 0 Å². The number of hydrogen-bond acceptors (Lipinski definition) is 4. The summed E-state index contributed by atoms with van der Waals surface area (Å²) in [5, 5.41) is 0.221. The van der Waals surface area contributed by atoms with Crippen LogP contribution < -0.4 is 4.31 Å². The lowest BCUT2D eigenvalue weighted by molar-refractivity contribution is -0.138. The molecule has 24 heavy (non-hydrogen) atoms. The summed E-state index contributed by atoms with van der Waals surface area (Å²) in [5.74, 6) is -0.709. The standard InChI is InChI=1S/C15H12BrCl2NO4S/c1-23-15(20)9-19(12-5-2-10(16)3-6-12)24(21,22)14-8-11(17)4-7-13(14)18/h2-8H,9H2,1H3. The molecule has 0 aliphatic heterocycles. The molecule has 0 bridgehead atoms. The van der Waals surface area contributed by atoms with E-state index in [1.54, 1.807) is 24.3 Å². The molecule has 2 rings (SSSR count). The minimum atomic E-state index is -4.12. The van der Waals surface area contributed by atoms with E-state index in [1.165, 1.54) is 25.3 Å². The van der Waals surface area contributed by atoms with Gasteiger partial charge in [-0.05, 0) is 42.5 Å². The highest BCUT2D eigenvalue weighted by Crippen LogP contribution is 2.31. The van der Waals surface area contributed by atoms with Gasteiger partial charge in [0.05, 0.1) is 17.8 Å². The molecule has 5 nitrogen and oxygen atoms in total. The van der Waals surface area contributed by atoms with Gasteiger partial charge in [-0.3, -0.25) is 9.10 Å². The Balaban J connectivity index is 2.58. The Hall–Kier alpha value is -1.28. The van der Waals surface area contributed by atoms with Crippen molar-refractivity contribution in [3.05, 3.63) is 57.0 Å². The number of hydrogen-bond donors (Lipinski definition) is 0. The first-order chi connectivity index (χ1) is 11.3. The summed E-state index contributed by atoms with van der Waals surface area (Å²) >= 11 is 15.2. The summed E-state index contributed by atoms with van der Waals surface area (Å²) < 4.78 is 32.3. The number of carbonyl (C=O) groups is 1. The van der Waals surface area contributed by atoms with E-state index in [4.69, 9.17) is 23.2 Å². The van der Waals surface area contributed by atoms with Crippen molar-refractivity contribution in [2.24, 2.45) is 0 Å². The van der Waals surface area contributed by atoms with Crippen LogP contribution in [-0.4, -0.2) is 28.0 Å². The Morgan fingerprint density at radius 3 is 2.38 bits per heavy atom. The summed E-state index contributed by atoms with van der Waals surface area (Å²) in [7, 11) is -2.94. The highest BCUT2D eigenvalue weighted by Gasteiger charge is 2.29. The number of sulfonamides is 1. The molecular formula is C15H12BrCl2NO4S. The number of esters is 1. The number of ether oxygens (including phenoxy) is 1. The van der Waals surface area contributed by atoms with Crippen LogP contribution in [0.25, 0.3) is 0 Å². The Morgan fingerprint density at radius 1 is 1.17 bits per heavy atom. The van der Waals surface area contributed by atoms with E-state index in [1.807, 2.05) is 0 Å². The molecule has 0 unspecified atom stereocenters. The van der Waals surface area contributed by atoms with Crippen LogP contribution in [0.15, 0.2) is 51.8 Å². The Morgan fingerprint density at radius 2 is 1.79 bits per heavy atom. The molecule has 0 heterocycles. The first-order valence-electron chi connectivity index (χ1n) is 6.56. The molecule has 128 valence electrons. The maximum Gasteiger partial charge on any atom is 0.326 e. The lowest BCUT2D eigenvalue weighted by atomic mass is 10.3. The third kappa shape index (κ3) is 4.22. The first-order valence-corrected chi connectivity index (χ1v) is 9.55. The molecule has 0 saturated carbocycles. The predicted octanol–water partition coefficient (Wildman–Crippen LogP) is 4.12. The van der Waals surface area contributed by atoms with Crippen molar-refractivity contribution >= 4 is 60.8 Å². The fraction of sp³-hybridized carbons (Fsp3) is 0.133. The van der Waals surface area contributed by atoms with Crippen molar-refractivity contribution in [3.8, 4) is 0 Å². The molecule has 2 aromatic rings. The van der Waals surface area contributed by atoms with E-state index in [0.717, 1.165) is 8.78 Å². The molecule has 0 spiro atoms. The summed E-state index contributed by atoms with van der Waals surface area (Å²) in [4.78, 5) is 11.5. The van der Waals surface area contributed by atoms with Gasteiger partial charge in [0.15, 0.2) is 0 Å². The average molecular weight is 453 g/mol. The average Bonchev–Trinajstić information content (AvgIpc) is 2.55. The van der Waals surface area contributed by atoms with Crippen LogP contribution in [0.1, 0.15) is 0 Å². The van der Waals surface area contributed by atoms with Gasteiger partial charge < -0.3 is 4.74 Å². The Kier molecular flexibility index (Phi) is 6.14. The van der Waals surface area contributed by atoms with Crippen molar-refractivity contribution in [2.75, 3.05) is 18.0 Å². The number of benzene rings is 2. The van der Waals surface area contributed by atoms with Crippen LogP contribution >= 0.6 is 39.1 Å². The predicted molar refractivity (Wildman–Crippen MR) is 97.2 cm³/mol. The first kappa shape index (κ1) is 19.1. The summed E-state index contributed by atoms with van der Waals surface area (Å²) in [5.41, 5.74) is 0.291. The van der Waals surface area contributed by atoms with Gasteiger partial charge in [0.2, 0.25) is 0 Å². The number of methoxy groups -OCH3 is 1. The minimum absolute atomic E-state index is 0.00591. The van der Waals surface area contributed by atoms with E-state index in [0.29, 0.717) is 5.69 Å². The van der Waals surface area contributed by atoms with Crippen LogP contribution in [0, 0.1) is 0 Å². The van der Waals surface area contributed by atoms with Crippen LogP contribution in [-0.2, 0) is 19.6 Å². The summed E-state index contributed by atoms with van der Waals surface area (Å²) in [6.07, 6.45) is 0. The maximum absolute atomic E-state index is 13.0. The SMILES string of the molecule is COC(=O)CN(c1ccc(Br)cc1)S(=O)(=O)c1cc(Cl)ccc1Cl. The quantitative estimate of drug-likeness (QED) is 0.640. The van der Waals surface area contributed by atoms with E-state index < -0.39 is 22.5 Å². The Labute approximate surface area is 158 Å². The molecule has 0 atom stereocenters. The highest BCUT2D eigenvalue weighted by atomic mass is 79.9. The molecule has 0 aliphatic rings. The second-order valence-corrected chi connectivity index (χ2v) is 8.23. The molecule has 2 aromatic carbocycles. The second kappa shape index (κ2) is 7.74. The largest absolute Gasteiger partial charge is 0.468 e. The van der Waals surface area contributed by atoms with E-state index >= 15 is 0 Å². The van der Waals surface area contributed by atoms with Crippen LogP contribution in [0.2, 0.25) is 10.0 Å². The molecule has 0 amide bonds. The molecule has 0 fully saturated rings. The van der Waals surface area contributed by atoms with Gasteiger partial charge in [0.1, 0.15) is 11.4 Å². The minimum Gasteiger partial charge on any atom is -0.468 e. The smallest absolute Gasteiger partial charge is 0.326 e.